The minimum absolute atomic E-state index is 0.0835. The Kier molecular flexibility index (Phi) is 3.48. The molecule has 0 saturated carbocycles. The van der Waals surface area contributed by atoms with Gasteiger partial charge in [0.25, 0.3) is 0 Å². The Morgan fingerprint density at radius 1 is 1.20 bits per heavy atom. The molecule has 0 unspecified atom stereocenters. The molecule has 0 aliphatic heterocycles. The van der Waals surface area contributed by atoms with E-state index in [1.165, 1.54) is 24.5 Å². The number of anilines is 1. The maximum Gasteiger partial charge on any atom is 0.420 e. The molecule has 7 heteroatoms. The first kappa shape index (κ1) is 13.7. The summed E-state index contributed by atoms with van der Waals surface area (Å²) in [6.07, 6.45) is -2.04. The number of hydrogen-bond acceptors (Lipinski definition) is 4. The predicted molar refractivity (Wildman–Crippen MR) is 64.9 cm³/mol. The lowest BCUT2D eigenvalue weighted by atomic mass is 10.1. The normalized spacial score (nSPS) is 10.9. The van der Waals surface area contributed by atoms with Crippen LogP contribution in [0.3, 0.4) is 0 Å². The lowest BCUT2D eigenvalue weighted by Crippen LogP contribution is -2.07. The Bertz CT molecular complexity index is 677. The highest BCUT2D eigenvalue weighted by Crippen LogP contribution is 2.38. The molecule has 0 bridgehead atoms. The fraction of sp³-hybridized carbons (Fsp3) is 0.0769. The Morgan fingerprint density at radius 3 is 2.55 bits per heavy atom. The van der Waals surface area contributed by atoms with Crippen molar-refractivity contribution in [2.24, 2.45) is 0 Å². The first-order valence-electron chi connectivity index (χ1n) is 5.40. The highest BCUT2D eigenvalue weighted by Gasteiger charge is 2.35. The van der Waals surface area contributed by atoms with Crippen molar-refractivity contribution in [3.05, 3.63) is 47.8 Å². The number of nitrogen functional groups attached to an aromatic ring is 1. The number of halogens is 3. The smallest absolute Gasteiger partial charge is 0.420 e. The number of nitrogens with two attached hydrogens (primary N) is 1. The molecule has 2 aromatic rings. The molecule has 2 N–H and O–H groups in total. The summed E-state index contributed by atoms with van der Waals surface area (Å²) in [6, 6.07) is 6.06. The third kappa shape index (κ3) is 2.98. The SMILES string of the molecule is N#Cc1ccc(Oc2cncc(N)c2)c(C(F)(F)F)c1. The number of benzene rings is 1. The van der Waals surface area contributed by atoms with Crippen molar-refractivity contribution in [3.8, 4) is 17.6 Å². The van der Waals surface area contributed by atoms with Crippen molar-refractivity contribution < 1.29 is 17.9 Å². The monoisotopic (exact) mass is 279 g/mol. The molecule has 1 heterocycles. The van der Waals surface area contributed by atoms with Crippen molar-refractivity contribution in [1.82, 2.24) is 4.98 Å². The van der Waals surface area contributed by atoms with E-state index in [1.54, 1.807) is 6.07 Å². The zero-order valence-corrected chi connectivity index (χ0v) is 9.98. The van der Waals surface area contributed by atoms with Crippen LogP contribution < -0.4 is 10.5 Å². The second-order valence-corrected chi connectivity index (χ2v) is 3.88. The van der Waals surface area contributed by atoms with E-state index < -0.39 is 17.5 Å². The van der Waals surface area contributed by atoms with Gasteiger partial charge < -0.3 is 10.5 Å². The summed E-state index contributed by atoms with van der Waals surface area (Å²) in [5.74, 6) is -0.330. The van der Waals surface area contributed by atoms with Crippen LogP contribution >= 0.6 is 0 Å². The van der Waals surface area contributed by atoms with Gasteiger partial charge in [-0.2, -0.15) is 18.4 Å². The topological polar surface area (TPSA) is 71.9 Å². The van der Waals surface area contributed by atoms with Crippen LogP contribution in [0, 0.1) is 11.3 Å². The first-order valence-corrected chi connectivity index (χ1v) is 5.40. The predicted octanol–water partition coefficient (Wildman–Crippen LogP) is 3.35. The quantitative estimate of drug-likeness (QED) is 0.915. The summed E-state index contributed by atoms with van der Waals surface area (Å²) in [5.41, 5.74) is 4.61. The van der Waals surface area contributed by atoms with Gasteiger partial charge in [0.15, 0.2) is 0 Å². The van der Waals surface area contributed by atoms with Crippen molar-refractivity contribution in [3.63, 3.8) is 0 Å². The van der Waals surface area contributed by atoms with Gasteiger partial charge in [-0.1, -0.05) is 0 Å². The average Bonchev–Trinajstić information content (AvgIpc) is 2.38. The fourth-order valence-electron chi connectivity index (χ4n) is 1.53. The molecular formula is C13H8F3N3O. The summed E-state index contributed by atoms with van der Waals surface area (Å²) in [5, 5.41) is 8.66. The van der Waals surface area contributed by atoms with E-state index in [0.29, 0.717) is 0 Å². The Balaban J connectivity index is 2.44. The largest absolute Gasteiger partial charge is 0.455 e. The molecule has 20 heavy (non-hydrogen) atoms. The third-order valence-corrected chi connectivity index (χ3v) is 2.38. The summed E-state index contributed by atoms with van der Waals surface area (Å²) < 4.78 is 43.9. The van der Waals surface area contributed by atoms with Gasteiger partial charge in [-0.3, -0.25) is 4.98 Å². The Labute approximate surface area is 112 Å². The molecular weight excluding hydrogens is 271 g/mol. The maximum atomic E-state index is 12.9. The Morgan fingerprint density at radius 2 is 1.95 bits per heavy atom. The number of pyridine rings is 1. The highest BCUT2D eigenvalue weighted by molar-refractivity contribution is 5.47. The summed E-state index contributed by atoms with van der Waals surface area (Å²) in [7, 11) is 0. The molecule has 0 spiro atoms. The second-order valence-electron chi connectivity index (χ2n) is 3.88. The number of nitriles is 1. The van der Waals surface area contributed by atoms with E-state index in [-0.39, 0.29) is 17.0 Å². The standard InChI is InChI=1S/C13H8F3N3O/c14-13(15,16)11-3-8(5-17)1-2-12(11)20-10-4-9(18)6-19-7-10/h1-4,6-7H,18H2. The molecule has 2 rings (SSSR count). The molecule has 0 fully saturated rings. The third-order valence-electron chi connectivity index (χ3n) is 2.38. The second kappa shape index (κ2) is 5.09. The van der Waals surface area contributed by atoms with Crippen molar-refractivity contribution in [2.45, 2.75) is 6.18 Å². The number of aromatic nitrogens is 1. The fourth-order valence-corrected chi connectivity index (χ4v) is 1.53. The summed E-state index contributed by atoms with van der Waals surface area (Å²) >= 11 is 0. The lowest BCUT2D eigenvalue weighted by Gasteiger charge is -2.13. The van der Waals surface area contributed by atoms with Gasteiger partial charge in [0.1, 0.15) is 11.5 Å². The van der Waals surface area contributed by atoms with Crippen LogP contribution in [0.2, 0.25) is 0 Å². The summed E-state index contributed by atoms with van der Waals surface area (Å²) in [6.45, 7) is 0. The van der Waals surface area contributed by atoms with Crippen molar-refractivity contribution >= 4 is 5.69 Å². The number of rotatable bonds is 2. The van der Waals surface area contributed by atoms with Crippen LogP contribution in [-0.4, -0.2) is 4.98 Å². The molecule has 102 valence electrons. The number of hydrogen-bond donors (Lipinski definition) is 1. The Hall–Kier alpha value is -2.75. The zero-order chi connectivity index (χ0) is 14.8. The van der Waals surface area contributed by atoms with Crippen molar-refractivity contribution in [2.75, 3.05) is 5.73 Å². The van der Waals surface area contributed by atoms with Gasteiger partial charge in [0.05, 0.1) is 35.3 Å². The van der Waals surface area contributed by atoms with Gasteiger partial charge in [-0.15, -0.1) is 0 Å². The van der Waals surface area contributed by atoms with Crippen molar-refractivity contribution in [1.29, 1.82) is 5.26 Å². The van der Waals surface area contributed by atoms with E-state index in [9.17, 15) is 13.2 Å². The number of nitrogens with zero attached hydrogens (tertiary/aromatic N) is 2. The van der Waals surface area contributed by atoms with E-state index >= 15 is 0 Å². The van der Waals surface area contributed by atoms with Gasteiger partial charge in [0, 0.05) is 6.07 Å². The van der Waals surface area contributed by atoms with Gasteiger partial charge in [-0.05, 0) is 18.2 Å². The molecule has 0 atom stereocenters. The van der Waals surface area contributed by atoms with Crippen LogP contribution in [0.25, 0.3) is 0 Å². The lowest BCUT2D eigenvalue weighted by molar-refractivity contribution is -0.138. The van der Waals surface area contributed by atoms with E-state index in [4.69, 9.17) is 15.7 Å². The van der Waals surface area contributed by atoms with E-state index in [0.717, 1.165) is 12.1 Å². The average molecular weight is 279 g/mol. The zero-order valence-electron chi connectivity index (χ0n) is 9.98. The molecule has 4 nitrogen and oxygen atoms in total. The van der Waals surface area contributed by atoms with Crippen LogP contribution in [0.5, 0.6) is 11.5 Å². The molecule has 0 aliphatic rings. The highest BCUT2D eigenvalue weighted by atomic mass is 19.4. The molecule has 0 saturated heterocycles. The minimum Gasteiger partial charge on any atom is -0.455 e. The number of ether oxygens (including phenoxy) is 1. The van der Waals surface area contributed by atoms with Crippen LogP contribution in [0.1, 0.15) is 11.1 Å². The maximum absolute atomic E-state index is 12.9. The van der Waals surface area contributed by atoms with E-state index in [1.807, 2.05) is 0 Å². The summed E-state index contributed by atoms with van der Waals surface area (Å²) in [4.78, 5) is 3.72. The molecule has 1 aromatic carbocycles. The van der Waals surface area contributed by atoms with Gasteiger partial charge in [-0.25, -0.2) is 0 Å². The van der Waals surface area contributed by atoms with Crippen LogP contribution in [0.4, 0.5) is 18.9 Å². The molecule has 0 amide bonds. The number of alkyl halides is 3. The minimum atomic E-state index is -4.63. The van der Waals surface area contributed by atoms with Crippen LogP contribution in [0.15, 0.2) is 36.7 Å². The molecule has 0 radical (unpaired) electrons. The first-order chi connectivity index (χ1) is 9.40. The van der Waals surface area contributed by atoms with Gasteiger partial charge in [0.2, 0.25) is 0 Å². The molecule has 1 aromatic heterocycles. The molecule has 0 aliphatic carbocycles. The van der Waals surface area contributed by atoms with E-state index in [2.05, 4.69) is 4.98 Å². The van der Waals surface area contributed by atoms with Gasteiger partial charge >= 0.3 is 6.18 Å². The van der Waals surface area contributed by atoms with Crippen LogP contribution in [-0.2, 0) is 6.18 Å².